The summed E-state index contributed by atoms with van der Waals surface area (Å²) in [5.41, 5.74) is 2.45. The average Bonchev–Trinajstić information content (AvgIpc) is 2.25. The molecule has 1 N–H and O–H groups in total. The summed E-state index contributed by atoms with van der Waals surface area (Å²) < 4.78 is 0. The Morgan fingerprint density at radius 2 is 2.00 bits per heavy atom. The van der Waals surface area contributed by atoms with Crippen molar-refractivity contribution in [2.24, 2.45) is 0 Å². The Hall–Kier alpha value is -0.730. The highest BCUT2D eigenvalue weighted by Crippen LogP contribution is 2.22. The average molecular weight is 239 g/mol. The van der Waals surface area contributed by atoms with E-state index in [1.807, 2.05) is 12.1 Å². The Bertz CT molecular complexity index is 357. The number of piperidine rings is 1. The Balaban J connectivity index is 1.98. The van der Waals surface area contributed by atoms with Crippen molar-refractivity contribution in [3.8, 4) is 0 Å². The largest absolute Gasteiger partial charge is 0.382 e. The fraction of sp³-hybridized carbons (Fsp3) is 0.538. The Morgan fingerprint density at radius 1 is 1.31 bits per heavy atom. The maximum atomic E-state index is 5.94. The molecule has 1 heterocycles. The summed E-state index contributed by atoms with van der Waals surface area (Å²) in [5.74, 6) is 0. The van der Waals surface area contributed by atoms with Crippen molar-refractivity contribution >= 4 is 17.3 Å². The van der Waals surface area contributed by atoms with Crippen LogP contribution in [0.1, 0.15) is 18.4 Å². The molecule has 0 amide bonds. The van der Waals surface area contributed by atoms with E-state index in [2.05, 4.69) is 30.3 Å². The number of nitrogens with zero attached hydrogens (tertiary/aromatic N) is 1. The van der Waals surface area contributed by atoms with Gasteiger partial charge in [0.15, 0.2) is 0 Å². The van der Waals surface area contributed by atoms with Gasteiger partial charge in [0.25, 0.3) is 0 Å². The van der Waals surface area contributed by atoms with Crippen molar-refractivity contribution in [1.82, 2.24) is 4.90 Å². The number of halogens is 1. The standard InChI is InChI=1S/C13H19ClN2/c1-10-9-11(14)3-4-13(10)15-12-5-7-16(2)8-6-12/h3-4,9,12,15H,5-8H2,1-2H3. The first kappa shape index (κ1) is 11.7. The summed E-state index contributed by atoms with van der Waals surface area (Å²) >= 11 is 5.94. The first-order chi connectivity index (χ1) is 7.65. The van der Waals surface area contributed by atoms with E-state index in [1.165, 1.54) is 37.2 Å². The van der Waals surface area contributed by atoms with Gasteiger partial charge in [0, 0.05) is 16.8 Å². The van der Waals surface area contributed by atoms with E-state index in [0.29, 0.717) is 6.04 Å². The number of likely N-dealkylation sites (tertiary alicyclic amines) is 1. The summed E-state index contributed by atoms with van der Waals surface area (Å²) in [4.78, 5) is 2.38. The van der Waals surface area contributed by atoms with E-state index in [9.17, 15) is 0 Å². The van der Waals surface area contributed by atoms with Crippen molar-refractivity contribution in [3.05, 3.63) is 28.8 Å². The topological polar surface area (TPSA) is 15.3 Å². The highest BCUT2D eigenvalue weighted by molar-refractivity contribution is 6.30. The Morgan fingerprint density at radius 3 is 2.62 bits per heavy atom. The SMILES string of the molecule is Cc1cc(Cl)ccc1NC1CCN(C)CC1. The smallest absolute Gasteiger partial charge is 0.0410 e. The molecule has 1 aliphatic rings. The lowest BCUT2D eigenvalue weighted by Crippen LogP contribution is -2.36. The molecule has 0 spiro atoms. The van der Waals surface area contributed by atoms with Crippen molar-refractivity contribution in [3.63, 3.8) is 0 Å². The fourth-order valence-corrected chi connectivity index (χ4v) is 2.39. The summed E-state index contributed by atoms with van der Waals surface area (Å²) in [5, 5.41) is 4.42. The minimum atomic E-state index is 0.607. The van der Waals surface area contributed by atoms with E-state index in [0.717, 1.165) is 5.02 Å². The zero-order chi connectivity index (χ0) is 11.5. The molecule has 1 aliphatic heterocycles. The van der Waals surface area contributed by atoms with Crippen molar-refractivity contribution in [2.45, 2.75) is 25.8 Å². The van der Waals surface area contributed by atoms with E-state index < -0.39 is 0 Å². The first-order valence-corrected chi connectivity index (χ1v) is 6.24. The maximum absolute atomic E-state index is 5.94. The lowest BCUT2D eigenvalue weighted by atomic mass is 10.0. The van der Waals surface area contributed by atoms with Crippen LogP contribution in [0.3, 0.4) is 0 Å². The molecule has 88 valence electrons. The van der Waals surface area contributed by atoms with Crippen LogP contribution in [-0.4, -0.2) is 31.1 Å². The minimum absolute atomic E-state index is 0.607. The summed E-state index contributed by atoms with van der Waals surface area (Å²) in [7, 11) is 2.18. The molecular formula is C13H19ClN2. The van der Waals surface area contributed by atoms with Crippen LogP contribution < -0.4 is 5.32 Å². The second-order valence-electron chi connectivity index (χ2n) is 4.68. The molecule has 1 aromatic rings. The molecule has 3 heteroatoms. The molecule has 0 aromatic heterocycles. The summed E-state index contributed by atoms with van der Waals surface area (Å²) in [6.45, 7) is 4.47. The van der Waals surface area contributed by atoms with Crippen LogP contribution in [0.2, 0.25) is 5.02 Å². The van der Waals surface area contributed by atoms with Crippen molar-refractivity contribution in [2.75, 3.05) is 25.5 Å². The Kier molecular flexibility index (Phi) is 3.72. The van der Waals surface area contributed by atoms with Gasteiger partial charge in [0.05, 0.1) is 0 Å². The predicted molar refractivity (Wildman–Crippen MR) is 70.3 cm³/mol. The monoisotopic (exact) mass is 238 g/mol. The third kappa shape index (κ3) is 2.89. The predicted octanol–water partition coefficient (Wildman–Crippen LogP) is 3.15. The number of nitrogens with one attached hydrogen (secondary N) is 1. The third-order valence-electron chi connectivity index (χ3n) is 3.27. The molecule has 1 fully saturated rings. The van der Waals surface area contributed by atoms with Crippen LogP contribution in [0, 0.1) is 6.92 Å². The molecular weight excluding hydrogens is 220 g/mol. The lowest BCUT2D eigenvalue weighted by molar-refractivity contribution is 0.264. The second kappa shape index (κ2) is 5.07. The van der Waals surface area contributed by atoms with Gasteiger partial charge in [-0.2, -0.15) is 0 Å². The van der Waals surface area contributed by atoms with Gasteiger partial charge in [0.2, 0.25) is 0 Å². The van der Waals surface area contributed by atoms with E-state index in [1.54, 1.807) is 0 Å². The van der Waals surface area contributed by atoms with Gasteiger partial charge < -0.3 is 10.2 Å². The molecule has 2 rings (SSSR count). The normalized spacial score (nSPS) is 18.7. The molecule has 0 aliphatic carbocycles. The maximum Gasteiger partial charge on any atom is 0.0410 e. The molecule has 0 unspecified atom stereocenters. The number of hydrogen-bond acceptors (Lipinski definition) is 2. The lowest BCUT2D eigenvalue weighted by Gasteiger charge is -2.30. The summed E-state index contributed by atoms with van der Waals surface area (Å²) in [6, 6.07) is 6.65. The molecule has 0 saturated carbocycles. The number of aryl methyl sites for hydroxylation is 1. The number of rotatable bonds is 2. The zero-order valence-electron chi connectivity index (χ0n) is 9.96. The molecule has 16 heavy (non-hydrogen) atoms. The third-order valence-corrected chi connectivity index (χ3v) is 3.50. The van der Waals surface area contributed by atoms with Crippen molar-refractivity contribution in [1.29, 1.82) is 0 Å². The highest BCUT2D eigenvalue weighted by Gasteiger charge is 2.16. The van der Waals surface area contributed by atoms with Crippen LogP contribution in [0.15, 0.2) is 18.2 Å². The van der Waals surface area contributed by atoms with Crippen LogP contribution in [0.5, 0.6) is 0 Å². The second-order valence-corrected chi connectivity index (χ2v) is 5.12. The number of benzene rings is 1. The van der Waals surface area contributed by atoms with Gasteiger partial charge in [-0.25, -0.2) is 0 Å². The Labute approximate surface area is 103 Å². The van der Waals surface area contributed by atoms with Gasteiger partial charge in [-0.05, 0) is 63.7 Å². The molecule has 2 nitrogen and oxygen atoms in total. The molecule has 0 bridgehead atoms. The minimum Gasteiger partial charge on any atom is -0.382 e. The first-order valence-electron chi connectivity index (χ1n) is 5.86. The van der Waals surface area contributed by atoms with Crippen LogP contribution >= 0.6 is 11.6 Å². The van der Waals surface area contributed by atoms with Crippen LogP contribution in [-0.2, 0) is 0 Å². The highest BCUT2D eigenvalue weighted by atomic mass is 35.5. The van der Waals surface area contributed by atoms with E-state index in [-0.39, 0.29) is 0 Å². The summed E-state index contributed by atoms with van der Waals surface area (Å²) in [6.07, 6.45) is 2.44. The van der Waals surface area contributed by atoms with Gasteiger partial charge >= 0.3 is 0 Å². The van der Waals surface area contributed by atoms with Crippen molar-refractivity contribution < 1.29 is 0 Å². The molecule has 1 saturated heterocycles. The van der Waals surface area contributed by atoms with E-state index in [4.69, 9.17) is 11.6 Å². The fourth-order valence-electron chi connectivity index (χ4n) is 2.16. The molecule has 0 radical (unpaired) electrons. The molecule has 1 aromatic carbocycles. The van der Waals surface area contributed by atoms with Gasteiger partial charge in [-0.3, -0.25) is 0 Å². The number of anilines is 1. The van der Waals surface area contributed by atoms with Crippen LogP contribution in [0.25, 0.3) is 0 Å². The van der Waals surface area contributed by atoms with Gasteiger partial charge in [0.1, 0.15) is 0 Å². The van der Waals surface area contributed by atoms with Gasteiger partial charge in [-0.15, -0.1) is 0 Å². The van der Waals surface area contributed by atoms with Gasteiger partial charge in [-0.1, -0.05) is 11.6 Å². The molecule has 0 atom stereocenters. The quantitative estimate of drug-likeness (QED) is 0.852. The zero-order valence-corrected chi connectivity index (χ0v) is 10.7. The van der Waals surface area contributed by atoms with Crippen LogP contribution in [0.4, 0.5) is 5.69 Å². The van der Waals surface area contributed by atoms with E-state index >= 15 is 0 Å². The number of hydrogen-bond donors (Lipinski definition) is 1.